The number of nitrogens with one attached hydrogen (secondary N) is 1. The van der Waals surface area contributed by atoms with Crippen LogP contribution in [0.15, 0.2) is 24.3 Å². The van der Waals surface area contributed by atoms with Gasteiger partial charge in [-0.1, -0.05) is 29.8 Å². The van der Waals surface area contributed by atoms with E-state index in [1.807, 2.05) is 18.2 Å². The molecule has 0 aliphatic carbocycles. The summed E-state index contributed by atoms with van der Waals surface area (Å²) >= 11 is 6.10. The van der Waals surface area contributed by atoms with E-state index < -0.39 is 0 Å². The zero-order valence-corrected chi connectivity index (χ0v) is 9.80. The monoisotopic (exact) mass is 224 g/mol. The fourth-order valence-electron chi connectivity index (χ4n) is 1.77. The minimum absolute atomic E-state index is 0.715. The van der Waals surface area contributed by atoms with Crippen molar-refractivity contribution in [3.63, 3.8) is 0 Å². The second-order valence-corrected chi connectivity index (χ2v) is 4.54. The first-order valence-electron chi connectivity index (χ1n) is 5.42. The van der Waals surface area contributed by atoms with Gasteiger partial charge in [0.1, 0.15) is 0 Å². The molecule has 0 saturated carbocycles. The first-order valence-corrected chi connectivity index (χ1v) is 5.79. The van der Waals surface area contributed by atoms with Gasteiger partial charge in [-0.15, -0.1) is 0 Å². The zero-order chi connectivity index (χ0) is 10.7. The predicted molar refractivity (Wildman–Crippen MR) is 64.4 cm³/mol. The molecule has 2 nitrogen and oxygen atoms in total. The van der Waals surface area contributed by atoms with E-state index in [0.717, 1.165) is 31.1 Å². The summed E-state index contributed by atoms with van der Waals surface area (Å²) in [7, 11) is 2.18. The number of hydrogen-bond donors (Lipinski definition) is 1. The van der Waals surface area contributed by atoms with Crippen LogP contribution in [0.4, 0.5) is 0 Å². The van der Waals surface area contributed by atoms with Crippen LogP contribution in [0.3, 0.4) is 0 Å². The summed E-state index contributed by atoms with van der Waals surface area (Å²) in [6.45, 7) is 3.33. The van der Waals surface area contributed by atoms with E-state index in [-0.39, 0.29) is 0 Å². The highest BCUT2D eigenvalue weighted by molar-refractivity contribution is 6.31. The van der Waals surface area contributed by atoms with Gasteiger partial charge < -0.3 is 10.2 Å². The van der Waals surface area contributed by atoms with Gasteiger partial charge in [0.15, 0.2) is 0 Å². The summed E-state index contributed by atoms with van der Waals surface area (Å²) in [6, 6.07) is 8.81. The molecule has 82 valence electrons. The molecule has 0 spiro atoms. The van der Waals surface area contributed by atoms with Crippen molar-refractivity contribution in [1.82, 2.24) is 10.2 Å². The highest BCUT2D eigenvalue weighted by Gasteiger charge is 2.20. The Hall–Kier alpha value is -0.570. The van der Waals surface area contributed by atoms with E-state index in [0.29, 0.717) is 6.04 Å². The van der Waals surface area contributed by atoms with Gasteiger partial charge in [0.25, 0.3) is 0 Å². The molecule has 0 aromatic heterocycles. The van der Waals surface area contributed by atoms with Crippen LogP contribution in [0.2, 0.25) is 5.02 Å². The maximum atomic E-state index is 6.10. The number of rotatable bonds is 4. The Morgan fingerprint density at radius 3 is 2.73 bits per heavy atom. The molecule has 0 bridgehead atoms. The average Bonchev–Trinajstić information content (AvgIpc) is 2.14. The first kappa shape index (κ1) is 10.9. The molecular formula is C12H17ClN2. The third-order valence-corrected chi connectivity index (χ3v) is 3.44. The summed E-state index contributed by atoms with van der Waals surface area (Å²) in [5.41, 5.74) is 1.25. The van der Waals surface area contributed by atoms with Crippen molar-refractivity contribution >= 4 is 11.6 Å². The fourth-order valence-corrected chi connectivity index (χ4v) is 2.00. The van der Waals surface area contributed by atoms with E-state index >= 15 is 0 Å². The molecule has 1 aliphatic heterocycles. The Morgan fingerprint density at radius 2 is 2.13 bits per heavy atom. The third-order valence-electron chi connectivity index (χ3n) is 3.07. The van der Waals surface area contributed by atoms with E-state index in [2.05, 4.69) is 23.3 Å². The van der Waals surface area contributed by atoms with Crippen molar-refractivity contribution < 1.29 is 0 Å². The fraction of sp³-hybridized carbons (Fsp3) is 0.500. The number of benzene rings is 1. The number of hydrogen-bond acceptors (Lipinski definition) is 2. The Kier molecular flexibility index (Phi) is 3.62. The first-order chi connectivity index (χ1) is 7.27. The van der Waals surface area contributed by atoms with Gasteiger partial charge in [-0.05, 0) is 25.1 Å². The molecule has 0 unspecified atom stereocenters. The lowest BCUT2D eigenvalue weighted by Gasteiger charge is -2.35. The zero-order valence-electron chi connectivity index (χ0n) is 9.04. The quantitative estimate of drug-likeness (QED) is 0.839. The Balaban J connectivity index is 1.84. The topological polar surface area (TPSA) is 15.3 Å². The van der Waals surface area contributed by atoms with Crippen molar-refractivity contribution in [1.29, 1.82) is 0 Å². The van der Waals surface area contributed by atoms with Crippen LogP contribution in [0.5, 0.6) is 0 Å². The third kappa shape index (κ3) is 2.71. The maximum absolute atomic E-state index is 6.10. The molecule has 1 aromatic carbocycles. The lowest BCUT2D eigenvalue weighted by Crippen LogP contribution is -2.56. The highest BCUT2D eigenvalue weighted by atomic mass is 35.5. The van der Waals surface area contributed by atoms with Gasteiger partial charge >= 0.3 is 0 Å². The van der Waals surface area contributed by atoms with Crippen LogP contribution in [-0.4, -0.2) is 37.6 Å². The normalized spacial score (nSPS) is 16.7. The summed E-state index contributed by atoms with van der Waals surface area (Å²) in [4.78, 5) is 2.40. The Bertz CT molecular complexity index is 323. The van der Waals surface area contributed by atoms with Gasteiger partial charge in [0.05, 0.1) is 0 Å². The second kappa shape index (κ2) is 4.97. The van der Waals surface area contributed by atoms with Crippen molar-refractivity contribution in [3.05, 3.63) is 34.9 Å². The molecule has 1 saturated heterocycles. The van der Waals surface area contributed by atoms with Crippen molar-refractivity contribution in [2.24, 2.45) is 0 Å². The van der Waals surface area contributed by atoms with Gasteiger partial charge in [-0.3, -0.25) is 0 Å². The molecule has 0 amide bonds. The molecule has 1 N–H and O–H groups in total. The van der Waals surface area contributed by atoms with Crippen molar-refractivity contribution in [2.75, 3.05) is 26.7 Å². The van der Waals surface area contributed by atoms with Crippen LogP contribution in [-0.2, 0) is 6.42 Å². The van der Waals surface area contributed by atoms with E-state index in [4.69, 9.17) is 11.6 Å². The largest absolute Gasteiger partial charge is 0.314 e. The van der Waals surface area contributed by atoms with Crippen LogP contribution >= 0.6 is 11.6 Å². The minimum atomic E-state index is 0.715. The molecule has 3 heteroatoms. The average molecular weight is 225 g/mol. The van der Waals surface area contributed by atoms with Crippen LogP contribution in [0.1, 0.15) is 5.56 Å². The molecule has 0 atom stereocenters. The van der Waals surface area contributed by atoms with Crippen LogP contribution in [0.25, 0.3) is 0 Å². The van der Waals surface area contributed by atoms with Crippen molar-refractivity contribution in [3.8, 4) is 0 Å². The molecular weight excluding hydrogens is 208 g/mol. The molecule has 15 heavy (non-hydrogen) atoms. The summed E-state index contributed by atoms with van der Waals surface area (Å²) < 4.78 is 0. The van der Waals surface area contributed by atoms with E-state index in [1.54, 1.807) is 0 Å². The summed E-state index contributed by atoms with van der Waals surface area (Å²) in [5, 5.41) is 4.17. The lowest BCUT2D eigenvalue weighted by atomic mass is 10.1. The molecule has 1 fully saturated rings. The minimum Gasteiger partial charge on any atom is -0.314 e. The predicted octanol–water partition coefficient (Wildman–Crippen LogP) is 1.79. The SMILES string of the molecule is CN(CCc1ccccc1Cl)C1CNC1. The highest BCUT2D eigenvalue weighted by Crippen LogP contribution is 2.16. The lowest BCUT2D eigenvalue weighted by molar-refractivity contribution is 0.182. The van der Waals surface area contributed by atoms with Gasteiger partial charge in [0, 0.05) is 30.7 Å². The van der Waals surface area contributed by atoms with Gasteiger partial charge in [0.2, 0.25) is 0 Å². The van der Waals surface area contributed by atoms with Crippen molar-refractivity contribution in [2.45, 2.75) is 12.5 Å². The Labute approximate surface area is 96.2 Å². The number of likely N-dealkylation sites (N-methyl/N-ethyl adjacent to an activating group) is 1. The van der Waals surface area contributed by atoms with Crippen LogP contribution in [0, 0.1) is 0 Å². The van der Waals surface area contributed by atoms with E-state index in [9.17, 15) is 0 Å². The molecule has 1 aliphatic rings. The Morgan fingerprint density at radius 1 is 1.40 bits per heavy atom. The smallest absolute Gasteiger partial charge is 0.0438 e. The standard InChI is InChI=1S/C12H17ClN2/c1-15(11-8-14-9-11)7-6-10-4-2-3-5-12(10)13/h2-5,11,14H,6-9H2,1H3. The maximum Gasteiger partial charge on any atom is 0.0438 e. The summed E-state index contributed by atoms with van der Waals surface area (Å²) in [6.07, 6.45) is 1.03. The molecule has 1 heterocycles. The van der Waals surface area contributed by atoms with Crippen LogP contribution < -0.4 is 5.32 Å². The van der Waals surface area contributed by atoms with Gasteiger partial charge in [-0.2, -0.15) is 0 Å². The molecule has 2 rings (SSSR count). The summed E-state index contributed by atoms with van der Waals surface area (Å²) in [5.74, 6) is 0. The van der Waals surface area contributed by atoms with E-state index in [1.165, 1.54) is 5.56 Å². The second-order valence-electron chi connectivity index (χ2n) is 4.13. The number of nitrogens with zero attached hydrogens (tertiary/aromatic N) is 1. The van der Waals surface area contributed by atoms with Gasteiger partial charge in [-0.25, -0.2) is 0 Å². The molecule has 1 aromatic rings. The number of halogens is 1. The molecule has 0 radical (unpaired) electrons.